The van der Waals surface area contributed by atoms with Crippen LogP contribution < -0.4 is 11.1 Å². The number of aromatic nitrogens is 1. The Morgan fingerprint density at radius 3 is 2.94 bits per heavy atom. The quantitative estimate of drug-likeness (QED) is 0.721. The van der Waals surface area contributed by atoms with Crippen LogP contribution in [0.1, 0.15) is 12.8 Å². The van der Waals surface area contributed by atoms with Crippen molar-refractivity contribution in [1.82, 2.24) is 4.98 Å². The molecule has 1 heterocycles. The number of pyridine rings is 1. The molecule has 1 saturated carbocycles. The van der Waals surface area contributed by atoms with Gasteiger partial charge in [-0.2, -0.15) is 0 Å². The molecule has 1 aliphatic rings. The summed E-state index contributed by atoms with van der Waals surface area (Å²) in [4.78, 5) is 4.31. The van der Waals surface area contributed by atoms with Gasteiger partial charge in [-0.15, -0.1) is 0 Å². The first kappa shape index (κ1) is 11.3. The molecule has 0 bridgehead atoms. The molecule has 1 aliphatic carbocycles. The molecule has 0 atom stereocenters. The van der Waals surface area contributed by atoms with Crippen molar-refractivity contribution >= 4 is 22.3 Å². The SMILES string of the molecule is Nc1cccc2c(NCC3CC(O)C3)ccnc12. The van der Waals surface area contributed by atoms with E-state index < -0.39 is 0 Å². The maximum atomic E-state index is 9.27. The van der Waals surface area contributed by atoms with Gasteiger partial charge in [0.05, 0.1) is 17.3 Å². The second-order valence-electron chi connectivity index (χ2n) is 4.97. The first-order valence-corrected chi connectivity index (χ1v) is 6.29. The highest BCUT2D eigenvalue weighted by atomic mass is 16.3. The highest BCUT2D eigenvalue weighted by Gasteiger charge is 2.26. The van der Waals surface area contributed by atoms with Gasteiger partial charge < -0.3 is 16.2 Å². The average molecular weight is 243 g/mol. The van der Waals surface area contributed by atoms with Gasteiger partial charge in [0, 0.05) is 23.8 Å². The number of hydrogen-bond donors (Lipinski definition) is 3. The molecule has 4 nitrogen and oxygen atoms in total. The van der Waals surface area contributed by atoms with Crippen molar-refractivity contribution in [2.24, 2.45) is 5.92 Å². The molecule has 4 heteroatoms. The first-order valence-electron chi connectivity index (χ1n) is 6.29. The third-order valence-corrected chi connectivity index (χ3v) is 3.59. The number of rotatable bonds is 3. The summed E-state index contributed by atoms with van der Waals surface area (Å²) in [7, 11) is 0. The molecule has 4 N–H and O–H groups in total. The molecule has 1 aromatic carbocycles. The van der Waals surface area contributed by atoms with E-state index in [1.165, 1.54) is 0 Å². The van der Waals surface area contributed by atoms with Gasteiger partial charge in [-0.1, -0.05) is 12.1 Å². The van der Waals surface area contributed by atoms with E-state index in [2.05, 4.69) is 10.3 Å². The molecule has 0 saturated heterocycles. The number of nitrogen functional groups attached to an aromatic ring is 1. The largest absolute Gasteiger partial charge is 0.397 e. The highest BCUT2D eigenvalue weighted by molar-refractivity contribution is 5.97. The Balaban J connectivity index is 1.81. The summed E-state index contributed by atoms with van der Waals surface area (Å²) in [5.74, 6) is 0.573. The van der Waals surface area contributed by atoms with E-state index in [4.69, 9.17) is 5.73 Å². The molecule has 0 aliphatic heterocycles. The summed E-state index contributed by atoms with van der Waals surface area (Å²) < 4.78 is 0. The zero-order valence-corrected chi connectivity index (χ0v) is 10.1. The van der Waals surface area contributed by atoms with E-state index in [0.29, 0.717) is 11.6 Å². The standard InChI is InChI=1S/C14H17N3O/c15-12-3-1-2-11-13(4-5-16-14(11)12)17-8-9-6-10(18)7-9/h1-5,9-10,18H,6-8,15H2,(H,16,17). The van der Waals surface area contributed by atoms with Crippen LogP contribution in [0.25, 0.3) is 10.9 Å². The van der Waals surface area contributed by atoms with Gasteiger partial charge >= 0.3 is 0 Å². The molecule has 1 fully saturated rings. The fourth-order valence-electron chi connectivity index (χ4n) is 2.47. The number of anilines is 2. The molecule has 0 radical (unpaired) electrons. The van der Waals surface area contributed by atoms with E-state index in [1.807, 2.05) is 24.3 Å². The van der Waals surface area contributed by atoms with E-state index in [0.717, 1.165) is 36.0 Å². The lowest BCUT2D eigenvalue weighted by Gasteiger charge is -2.31. The molecule has 18 heavy (non-hydrogen) atoms. The van der Waals surface area contributed by atoms with Crippen LogP contribution in [0, 0.1) is 5.92 Å². The monoisotopic (exact) mass is 243 g/mol. The van der Waals surface area contributed by atoms with Crippen molar-refractivity contribution in [2.75, 3.05) is 17.6 Å². The van der Waals surface area contributed by atoms with Crippen molar-refractivity contribution in [3.63, 3.8) is 0 Å². The van der Waals surface area contributed by atoms with Gasteiger partial charge in [-0.3, -0.25) is 4.98 Å². The Morgan fingerprint density at radius 2 is 2.17 bits per heavy atom. The third kappa shape index (κ3) is 1.99. The molecule has 94 valence electrons. The van der Waals surface area contributed by atoms with E-state index in [-0.39, 0.29) is 6.10 Å². The number of nitrogens with one attached hydrogen (secondary N) is 1. The van der Waals surface area contributed by atoms with E-state index in [1.54, 1.807) is 6.20 Å². The number of nitrogens with two attached hydrogens (primary N) is 1. The summed E-state index contributed by atoms with van der Waals surface area (Å²) in [6, 6.07) is 7.80. The lowest BCUT2D eigenvalue weighted by molar-refractivity contribution is 0.0487. The first-order chi connectivity index (χ1) is 8.74. The Hall–Kier alpha value is -1.81. The summed E-state index contributed by atoms with van der Waals surface area (Å²) in [5, 5.41) is 13.8. The van der Waals surface area contributed by atoms with Gasteiger partial charge in [-0.25, -0.2) is 0 Å². The minimum absolute atomic E-state index is 0.0957. The molecular formula is C14H17N3O. The van der Waals surface area contributed by atoms with Gasteiger partial charge in [0.2, 0.25) is 0 Å². The number of aliphatic hydroxyl groups excluding tert-OH is 1. The van der Waals surface area contributed by atoms with Gasteiger partial charge in [0.15, 0.2) is 0 Å². The molecule has 2 aromatic rings. The minimum Gasteiger partial charge on any atom is -0.397 e. The predicted molar refractivity (Wildman–Crippen MR) is 73.4 cm³/mol. The van der Waals surface area contributed by atoms with Crippen molar-refractivity contribution in [3.05, 3.63) is 30.5 Å². The maximum Gasteiger partial charge on any atom is 0.0951 e. The van der Waals surface area contributed by atoms with Crippen molar-refractivity contribution < 1.29 is 5.11 Å². The van der Waals surface area contributed by atoms with Crippen LogP contribution >= 0.6 is 0 Å². The summed E-state index contributed by atoms with van der Waals surface area (Å²) >= 11 is 0. The Labute approximate surface area is 106 Å². The number of aliphatic hydroxyl groups is 1. The number of para-hydroxylation sites is 1. The second-order valence-corrected chi connectivity index (χ2v) is 4.97. The summed E-state index contributed by atoms with van der Waals surface area (Å²) in [6.45, 7) is 0.894. The fraction of sp³-hybridized carbons (Fsp3) is 0.357. The second kappa shape index (κ2) is 4.46. The normalized spacial score (nSPS) is 22.7. The van der Waals surface area contributed by atoms with Crippen LogP contribution in [-0.2, 0) is 0 Å². The molecule has 1 aromatic heterocycles. The number of hydrogen-bond acceptors (Lipinski definition) is 4. The van der Waals surface area contributed by atoms with Gasteiger partial charge in [0.1, 0.15) is 0 Å². The zero-order chi connectivity index (χ0) is 12.5. The number of benzene rings is 1. The topological polar surface area (TPSA) is 71.2 Å². The van der Waals surface area contributed by atoms with Crippen LogP contribution in [0.3, 0.4) is 0 Å². The van der Waals surface area contributed by atoms with Crippen LogP contribution in [-0.4, -0.2) is 22.7 Å². The predicted octanol–water partition coefficient (Wildman–Crippen LogP) is 2.00. The zero-order valence-electron chi connectivity index (χ0n) is 10.1. The Morgan fingerprint density at radius 1 is 1.33 bits per heavy atom. The number of nitrogens with zero attached hydrogens (tertiary/aromatic N) is 1. The van der Waals surface area contributed by atoms with Crippen LogP contribution in [0.5, 0.6) is 0 Å². The van der Waals surface area contributed by atoms with Crippen molar-refractivity contribution in [3.8, 4) is 0 Å². The van der Waals surface area contributed by atoms with Crippen molar-refractivity contribution in [1.29, 1.82) is 0 Å². The van der Waals surface area contributed by atoms with E-state index >= 15 is 0 Å². The maximum absolute atomic E-state index is 9.27. The van der Waals surface area contributed by atoms with Crippen LogP contribution in [0.15, 0.2) is 30.5 Å². The smallest absolute Gasteiger partial charge is 0.0951 e. The Kier molecular flexibility index (Phi) is 2.80. The van der Waals surface area contributed by atoms with Crippen LogP contribution in [0.4, 0.5) is 11.4 Å². The molecule has 0 amide bonds. The van der Waals surface area contributed by atoms with Gasteiger partial charge in [0.25, 0.3) is 0 Å². The molecule has 3 rings (SSSR count). The van der Waals surface area contributed by atoms with Crippen LogP contribution in [0.2, 0.25) is 0 Å². The van der Waals surface area contributed by atoms with E-state index in [9.17, 15) is 5.11 Å². The molecule has 0 unspecified atom stereocenters. The number of fused-ring (bicyclic) bond motifs is 1. The summed E-state index contributed by atoms with van der Waals surface area (Å²) in [6.07, 6.45) is 3.48. The lowest BCUT2D eigenvalue weighted by Crippen LogP contribution is -2.33. The molecule has 0 spiro atoms. The van der Waals surface area contributed by atoms with Gasteiger partial charge in [-0.05, 0) is 30.9 Å². The summed E-state index contributed by atoms with van der Waals surface area (Å²) in [5.41, 5.74) is 8.52. The Bertz CT molecular complexity index is 564. The lowest BCUT2D eigenvalue weighted by atomic mass is 9.82. The fourth-order valence-corrected chi connectivity index (χ4v) is 2.47. The van der Waals surface area contributed by atoms with Crippen molar-refractivity contribution in [2.45, 2.75) is 18.9 Å². The minimum atomic E-state index is -0.0957. The highest BCUT2D eigenvalue weighted by Crippen LogP contribution is 2.29. The molecular weight excluding hydrogens is 226 g/mol. The average Bonchev–Trinajstić information content (AvgIpc) is 2.34. The third-order valence-electron chi connectivity index (χ3n) is 3.59.